The van der Waals surface area contributed by atoms with E-state index in [1.165, 1.54) is 11.1 Å². The fourth-order valence-electron chi connectivity index (χ4n) is 3.60. The molecule has 1 aromatic carbocycles. The van der Waals surface area contributed by atoms with E-state index in [9.17, 15) is 0 Å². The molecule has 0 bridgehead atoms. The summed E-state index contributed by atoms with van der Waals surface area (Å²) in [6.07, 6.45) is 1.85. The molecule has 0 radical (unpaired) electrons. The fraction of sp³-hybridized carbons (Fsp3) is 0.318. The van der Waals surface area contributed by atoms with Gasteiger partial charge in [-0.05, 0) is 44.0 Å². The third-order valence-electron chi connectivity index (χ3n) is 5.14. The van der Waals surface area contributed by atoms with Crippen LogP contribution in [0.1, 0.15) is 16.8 Å². The predicted molar refractivity (Wildman–Crippen MR) is 115 cm³/mol. The molecule has 2 aromatic heterocycles. The lowest BCUT2D eigenvalue weighted by Crippen LogP contribution is -2.47. The van der Waals surface area contributed by atoms with Crippen molar-refractivity contribution in [3.63, 3.8) is 0 Å². The zero-order chi connectivity index (χ0) is 19.5. The van der Waals surface area contributed by atoms with E-state index in [1.807, 2.05) is 25.3 Å². The molecule has 0 amide bonds. The Balaban J connectivity index is 1.50. The molecule has 4 rings (SSSR count). The summed E-state index contributed by atoms with van der Waals surface area (Å²) in [5.74, 6) is 2.67. The lowest BCUT2D eigenvalue weighted by Gasteiger charge is -2.36. The van der Waals surface area contributed by atoms with Crippen molar-refractivity contribution in [3.05, 3.63) is 65.5 Å². The maximum Gasteiger partial charge on any atom is 0.229 e. The number of rotatable bonds is 4. The van der Waals surface area contributed by atoms with Gasteiger partial charge < -0.3 is 15.1 Å². The van der Waals surface area contributed by atoms with Crippen molar-refractivity contribution in [2.75, 3.05) is 41.3 Å². The zero-order valence-electron chi connectivity index (χ0n) is 16.7. The number of para-hydroxylation sites is 1. The van der Waals surface area contributed by atoms with Crippen LogP contribution in [-0.4, -0.2) is 41.1 Å². The average Bonchev–Trinajstić information content (AvgIpc) is 2.71. The molecule has 1 saturated heterocycles. The summed E-state index contributed by atoms with van der Waals surface area (Å²) in [4.78, 5) is 18.5. The average molecular weight is 374 g/mol. The maximum absolute atomic E-state index is 4.80. The summed E-state index contributed by atoms with van der Waals surface area (Å²) in [6, 6.07) is 14.4. The van der Waals surface area contributed by atoms with Crippen LogP contribution in [0.2, 0.25) is 0 Å². The molecule has 28 heavy (non-hydrogen) atoms. The van der Waals surface area contributed by atoms with Gasteiger partial charge in [-0.15, -0.1) is 0 Å². The van der Waals surface area contributed by atoms with Crippen molar-refractivity contribution in [2.24, 2.45) is 0 Å². The number of pyridine rings is 1. The molecule has 0 spiro atoms. The number of hydrogen-bond donors (Lipinski definition) is 1. The van der Waals surface area contributed by atoms with Crippen molar-refractivity contribution in [3.8, 4) is 0 Å². The third-order valence-corrected chi connectivity index (χ3v) is 5.14. The fourth-order valence-corrected chi connectivity index (χ4v) is 3.60. The molecule has 3 aromatic rings. The van der Waals surface area contributed by atoms with Crippen LogP contribution in [0, 0.1) is 20.8 Å². The number of piperazine rings is 1. The number of aryl methyl sites for hydroxylation is 3. The molecule has 0 unspecified atom stereocenters. The predicted octanol–water partition coefficient (Wildman–Crippen LogP) is 3.87. The highest BCUT2D eigenvalue weighted by atomic mass is 15.3. The molecule has 1 aliphatic rings. The van der Waals surface area contributed by atoms with Gasteiger partial charge in [0.25, 0.3) is 0 Å². The van der Waals surface area contributed by atoms with Gasteiger partial charge >= 0.3 is 0 Å². The first-order valence-corrected chi connectivity index (χ1v) is 9.70. The molecule has 144 valence electrons. The molecule has 1 fully saturated rings. The molecule has 6 nitrogen and oxygen atoms in total. The van der Waals surface area contributed by atoms with E-state index in [-0.39, 0.29) is 0 Å². The topological polar surface area (TPSA) is 57.2 Å². The first-order valence-electron chi connectivity index (χ1n) is 9.70. The maximum atomic E-state index is 4.80. The van der Waals surface area contributed by atoms with Gasteiger partial charge in [0.2, 0.25) is 5.95 Å². The summed E-state index contributed by atoms with van der Waals surface area (Å²) in [5, 5.41) is 3.43. The van der Waals surface area contributed by atoms with Gasteiger partial charge in [-0.2, -0.15) is 4.98 Å². The minimum absolute atomic E-state index is 0.652. The molecular weight excluding hydrogens is 348 g/mol. The van der Waals surface area contributed by atoms with E-state index in [1.54, 1.807) is 0 Å². The molecule has 0 aliphatic carbocycles. The van der Waals surface area contributed by atoms with Crippen molar-refractivity contribution in [2.45, 2.75) is 20.8 Å². The highest BCUT2D eigenvalue weighted by Gasteiger charge is 2.20. The van der Waals surface area contributed by atoms with E-state index < -0.39 is 0 Å². The number of aromatic nitrogens is 3. The zero-order valence-corrected chi connectivity index (χ0v) is 16.7. The lowest BCUT2D eigenvalue weighted by molar-refractivity contribution is 0.641. The number of nitrogens with one attached hydrogen (secondary N) is 1. The van der Waals surface area contributed by atoms with Crippen LogP contribution in [0.3, 0.4) is 0 Å². The van der Waals surface area contributed by atoms with Crippen LogP contribution >= 0.6 is 0 Å². The van der Waals surface area contributed by atoms with Crippen molar-refractivity contribution in [1.82, 2.24) is 15.0 Å². The molecule has 0 atom stereocenters. The molecule has 0 saturated carbocycles. The van der Waals surface area contributed by atoms with Crippen molar-refractivity contribution < 1.29 is 0 Å². The smallest absolute Gasteiger partial charge is 0.229 e. The minimum Gasteiger partial charge on any atom is -0.353 e. The molecule has 1 aliphatic heterocycles. The Morgan fingerprint density at radius 2 is 1.46 bits per heavy atom. The normalized spacial score (nSPS) is 14.2. The van der Waals surface area contributed by atoms with Crippen LogP contribution < -0.4 is 15.1 Å². The third kappa shape index (κ3) is 3.91. The highest BCUT2D eigenvalue weighted by Crippen LogP contribution is 2.25. The summed E-state index contributed by atoms with van der Waals surface area (Å²) >= 11 is 0. The second-order valence-corrected chi connectivity index (χ2v) is 7.24. The van der Waals surface area contributed by atoms with Crippen molar-refractivity contribution in [1.29, 1.82) is 0 Å². The van der Waals surface area contributed by atoms with Gasteiger partial charge in [0.05, 0.1) is 0 Å². The largest absolute Gasteiger partial charge is 0.353 e. The Hall–Kier alpha value is -3.15. The number of anilines is 4. The summed E-state index contributed by atoms with van der Waals surface area (Å²) in [7, 11) is 0. The number of nitrogens with zero attached hydrogens (tertiary/aromatic N) is 5. The molecule has 1 N–H and O–H groups in total. The Kier molecular flexibility index (Phi) is 5.10. The highest BCUT2D eigenvalue weighted by molar-refractivity contribution is 5.63. The summed E-state index contributed by atoms with van der Waals surface area (Å²) < 4.78 is 0. The van der Waals surface area contributed by atoms with E-state index in [4.69, 9.17) is 4.98 Å². The van der Waals surface area contributed by atoms with Gasteiger partial charge in [-0.3, -0.25) is 0 Å². The van der Waals surface area contributed by atoms with Crippen LogP contribution in [-0.2, 0) is 0 Å². The van der Waals surface area contributed by atoms with Gasteiger partial charge in [0.15, 0.2) is 0 Å². The molecular formula is C22H26N6. The second-order valence-electron chi connectivity index (χ2n) is 7.24. The van der Waals surface area contributed by atoms with Crippen LogP contribution in [0.4, 0.5) is 23.3 Å². The van der Waals surface area contributed by atoms with Gasteiger partial charge in [-0.25, -0.2) is 9.97 Å². The Labute approximate surface area is 166 Å². The SMILES string of the molecule is Cc1cc(N2CCN(c3ccccn3)CC2)nc(Nc2c(C)cccc2C)n1. The van der Waals surface area contributed by atoms with Gasteiger partial charge in [-0.1, -0.05) is 24.3 Å². The minimum atomic E-state index is 0.652. The quantitative estimate of drug-likeness (QED) is 0.748. The molecule has 3 heterocycles. The van der Waals surface area contributed by atoms with Crippen LogP contribution in [0.5, 0.6) is 0 Å². The second kappa shape index (κ2) is 7.84. The Bertz CT molecular complexity index is 928. The first-order chi connectivity index (χ1) is 13.6. The monoisotopic (exact) mass is 374 g/mol. The van der Waals surface area contributed by atoms with Crippen LogP contribution in [0.15, 0.2) is 48.7 Å². The van der Waals surface area contributed by atoms with Crippen molar-refractivity contribution >= 4 is 23.3 Å². The van der Waals surface area contributed by atoms with E-state index in [0.29, 0.717) is 5.95 Å². The Morgan fingerprint density at radius 3 is 2.11 bits per heavy atom. The lowest BCUT2D eigenvalue weighted by atomic mass is 10.1. The summed E-state index contributed by atoms with van der Waals surface area (Å²) in [6.45, 7) is 9.90. The first kappa shape index (κ1) is 18.2. The van der Waals surface area contributed by atoms with Crippen LogP contribution in [0.25, 0.3) is 0 Å². The molecule has 6 heteroatoms. The number of benzene rings is 1. The number of hydrogen-bond acceptors (Lipinski definition) is 6. The Morgan fingerprint density at radius 1 is 0.786 bits per heavy atom. The van der Waals surface area contributed by atoms with Gasteiger partial charge in [0, 0.05) is 49.8 Å². The van der Waals surface area contributed by atoms with E-state index >= 15 is 0 Å². The van der Waals surface area contributed by atoms with Gasteiger partial charge in [0.1, 0.15) is 11.6 Å². The van der Waals surface area contributed by atoms with E-state index in [0.717, 1.165) is 49.2 Å². The van der Waals surface area contributed by atoms with E-state index in [2.05, 4.69) is 69.3 Å². The standard InChI is InChI=1S/C22H26N6/c1-16-7-6-8-17(2)21(16)26-22-24-18(3)15-20(25-22)28-13-11-27(12-14-28)19-9-4-5-10-23-19/h4-10,15H,11-14H2,1-3H3,(H,24,25,26). The summed E-state index contributed by atoms with van der Waals surface area (Å²) in [5.41, 5.74) is 4.43.